The van der Waals surface area contributed by atoms with Gasteiger partial charge in [-0.25, -0.2) is 4.98 Å². The number of aliphatic hydroxyl groups excluding tert-OH is 1. The maximum atomic E-state index is 9.76. The van der Waals surface area contributed by atoms with Gasteiger partial charge in [0, 0.05) is 27.8 Å². The van der Waals surface area contributed by atoms with Crippen LogP contribution in [-0.4, -0.2) is 14.5 Å². The van der Waals surface area contributed by atoms with Crippen LogP contribution >= 0.6 is 27.3 Å². The summed E-state index contributed by atoms with van der Waals surface area (Å²) in [7, 11) is 0. The molecule has 2 aromatic heterocycles. The van der Waals surface area contributed by atoms with E-state index in [0.717, 1.165) is 20.7 Å². The second-order valence-corrected chi connectivity index (χ2v) is 6.26. The second kappa shape index (κ2) is 5.55. The number of aromatic nitrogens is 2. The van der Waals surface area contributed by atoms with E-state index in [4.69, 9.17) is 4.74 Å². The molecular weight excluding hydrogens is 340 g/mol. The lowest BCUT2D eigenvalue weighted by atomic mass is 10.1. The highest BCUT2D eigenvalue weighted by molar-refractivity contribution is 9.10. The molecule has 0 bridgehead atoms. The zero-order valence-electron chi connectivity index (χ0n) is 10.8. The van der Waals surface area contributed by atoms with Crippen LogP contribution in [0.5, 0.6) is 5.75 Å². The molecule has 0 radical (unpaired) electrons. The highest BCUT2D eigenvalue weighted by Crippen LogP contribution is 2.29. The summed E-state index contributed by atoms with van der Waals surface area (Å²) in [5.41, 5.74) is 1.64. The number of hydrogen-bond donors (Lipinski definition) is 1. The lowest BCUT2D eigenvalue weighted by Crippen LogP contribution is -2.01. The Morgan fingerprint density at radius 1 is 1.50 bits per heavy atom. The van der Waals surface area contributed by atoms with Gasteiger partial charge in [-0.15, -0.1) is 11.3 Å². The standard InChI is InChI=1S/C14H13BrN2O2S/c1-9(18)12-3-2-10(15)6-13(12)19-8-11-7-17-4-5-20-14(17)16-11/h2-7,9,18H,8H2,1H3/t9-/m1/s1. The maximum Gasteiger partial charge on any atom is 0.193 e. The number of aliphatic hydroxyl groups is 1. The Balaban J connectivity index is 1.80. The highest BCUT2D eigenvalue weighted by Gasteiger charge is 2.11. The molecule has 0 amide bonds. The fraction of sp³-hybridized carbons (Fsp3) is 0.214. The molecule has 3 aromatic rings. The topological polar surface area (TPSA) is 46.8 Å². The minimum Gasteiger partial charge on any atom is -0.487 e. The molecule has 0 aliphatic rings. The molecule has 104 valence electrons. The Hall–Kier alpha value is -1.37. The van der Waals surface area contributed by atoms with Crippen molar-refractivity contribution in [1.82, 2.24) is 9.38 Å². The minimum absolute atomic E-state index is 0.380. The van der Waals surface area contributed by atoms with Gasteiger partial charge >= 0.3 is 0 Å². The summed E-state index contributed by atoms with van der Waals surface area (Å²) in [6, 6.07) is 5.61. The van der Waals surface area contributed by atoms with E-state index in [1.165, 1.54) is 0 Å². The first kappa shape index (κ1) is 13.6. The van der Waals surface area contributed by atoms with Crippen molar-refractivity contribution in [3.63, 3.8) is 0 Å². The quantitative estimate of drug-likeness (QED) is 0.776. The van der Waals surface area contributed by atoms with Gasteiger partial charge in [0.2, 0.25) is 0 Å². The number of nitrogens with zero attached hydrogens (tertiary/aromatic N) is 2. The van der Waals surface area contributed by atoms with Gasteiger partial charge in [-0.1, -0.05) is 22.0 Å². The van der Waals surface area contributed by atoms with Crippen LogP contribution in [0, 0.1) is 0 Å². The molecule has 1 aromatic carbocycles. The summed E-state index contributed by atoms with van der Waals surface area (Å²) in [5, 5.41) is 11.8. The number of fused-ring (bicyclic) bond motifs is 1. The van der Waals surface area contributed by atoms with Crippen molar-refractivity contribution in [2.45, 2.75) is 19.6 Å². The van der Waals surface area contributed by atoms with Crippen molar-refractivity contribution in [1.29, 1.82) is 0 Å². The van der Waals surface area contributed by atoms with Gasteiger partial charge in [-0.2, -0.15) is 0 Å². The largest absolute Gasteiger partial charge is 0.487 e. The number of hydrogen-bond acceptors (Lipinski definition) is 4. The van der Waals surface area contributed by atoms with Crippen molar-refractivity contribution < 1.29 is 9.84 Å². The van der Waals surface area contributed by atoms with Gasteiger partial charge in [0.1, 0.15) is 12.4 Å². The van der Waals surface area contributed by atoms with Crippen LogP contribution in [0.15, 0.2) is 40.4 Å². The molecule has 4 nitrogen and oxygen atoms in total. The average molecular weight is 353 g/mol. The van der Waals surface area contributed by atoms with Crippen molar-refractivity contribution >= 4 is 32.2 Å². The van der Waals surface area contributed by atoms with E-state index in [1.54, 1.807) is 18.3 Å². The summed E-state index contributed by atoms with van der Waals surface area (Å²) >= 11 is 5.00. The Labute approximate surface area is 128 Å². The van der Waals surface area contributed by atoms with Crippen molar-refractivity contribution in [3.8, 4) is 5.75 Å². The van der Waals surface area contributed by atoms with E-state index in [2.05, 4.69) is 20.9 Å². The van der Waals surface area contributed by atoms with E-state index < -0.39 is 6.10 Å². The fourth-order valence-electron chi connectivity index (χ4n) is 1.98. The average Bonchev–Trinajstić information content (AvgIpc) is 2.96. The van der Waals surface area contributed by atoms with Crippen molar-refractivity contribution in [3.05, 3.63) is 51.7 Å². The molecule has 6 heteroatoms. The van der Waals surface area contributed by atoms with Crippen LogP contribution in [0.2, 0.25) is 0 Å². The van der Waals surface area contributed by atoms with Crippen LogP contribution < -0.4 is 4.74 Å². The van der Waals surface area contributed by atoms with E-state index in [1.807, 2.05) is 40.4 Å². The predicted molar refractivity (Wildman–Crippen MR) is 82.2 cm³/mol. The van der Waals surface area contributed by atoms with Gasteiger partial charge in [0.05, 0.1) is 11.8 Å². The third kappa shape index (κ3) is 2.72. The molecule has 0 saturated carbocycles. The zero-order chi connectivity index (χ0) is 14.1. The number of halogens is 1. The van der Waals surface area contributed by atoms with Crippen LogP contribution in [0.1, 0.15) is 24.3 Å². The first-order valence-corrected chi connectivity index (χ1v) is 7.82. The smallest absolute Gasteiger partial charge is 0.193 e. The second-order valence-electron chi connectivity index (χ2n) is 4.47. The number of benzene rings is 1. The van der Waals surface area contributed by atoms with Gasteiger partial charge in [-0.05, 0) is 19.1 Å². The summed E-state index contributed by atoms with van der Waals surface area (Å²) in [4.78, 5) is 5.42. The maximum absolute atomic E-state index is 9.76. The molecule has 1 atom stereocenters. The Kier molecular flexibility index (Phi) is 3.78. The number of ether oxygens (including phenoxy) is 1. The molecular formula is C14H13BrN2O2S. The van der Waals surface area contributed by atoms with E-state index in [-0.39, 0.29) is 0 Å². The van der Waals surface area contributed by atoms with Crippen LogP contribution in [0.4, 0.5) is 0 Å². The lowest BCUT2D eigenvalue weighted by molar-refractivity contribution is 0.190. The number of imidazole rings is 1. The zero-order valence-corrected chi connectivity index (χ0v) is 13.2. The number of thiazole rings is 1. The van der Waals surface area contributed by atoms with E-state index in [9.17, 15) is 5.11 Å². The molecule has 3 rings (SSSR count). The van der Waals surface area contributed by atoms with E-state index >= 15 is 0 Å². The highest BCUT2D eigenvalue weighted by atomic mass is 79.9. The summed E-state index contributed by atoms with van der Waals surface area (Å²) in [6.45, 7) is 2.10. The van der Waals surface area contributed by atoms with Crippen LogP contribution in [0.3, 0.4) is 0 Å². The Morgan fingerprint density at radius 2 is 2.35 bits per heavy atom. The Bertz CT molecular complexity index is 707. The van der Waals surface area contributed by atoms with Crippen molar-refractivity contribution in [2.75, 3.05) is 0 Å². The van der Waals surface area contributed by atoms with Gasteiger partial charge in [0.15, 0.2) is 4.96 Å². The third-order valence-corrected chi connectivity index (χ3v) is 4.21. The van der Waals surface area contributed by atoms with Crippen molar-refractivity contribution in [2.24, 2.45) is 0 Å². The minimum atomic E-state index is -0.566. The lowest BCUT2D eigenvalue weighted by Gasteiger charge is -2.13. The molecule has 0 spiro atoms. The Morgan fingerprint density at radius 3 is 3.10 bits per heavy atom. The normalized spacial score (nSPS) is 12.8. The van der Waals surface area contributed by atoms with Gasteiger partial charge < -0.3 is 9.84 Å². The monoisotopic (exact) mass is 352 g/mol. The molecule has 2 heterocycles. The SMILES string of the molecule is C[C@@H](O)c1ccc(Br)cc1OCc1cn2ccsc2n1. The third-order valence-electron chi connectivity index (χ3n) is 2.94. The van der Waals surface area contributed by atoms with Crippen LogP contribution in [0.25, 0.3) is 4.96 Å². The summed E-state index contributed by atoms with van der Waals surface area (Å²) in [6.07, 6.45) is 3.35. The molecule has 20 heavy (non-hydrogen) atoms. The molecule has 0 fully saturated rings. The van der Waals surface area contributed by atoms with Gasteiger partial charge in [0.25, 0.3) is 0 Å². The first-order chi connectivity index (χ1) is 9.63. The molecule has 1 N–H and O–H groups in total. The first-order valence-electron chi connectivity index (χ1n) is 6.15. The van der Waals surface area contributed by atoms with Gasteiger partial charge in [-0.3, -0.25) is 4.40 Å². The molecule has 0 aliphatic heterocycles. The van der Waals surface area contributed by atoms with E-state index in [0.29, 0.717) is 12.4 Å². The summed E-state index contributed by atoms with van der Waals surface area (Å²) in [5.74, 6) is 0.672. The molecule has 0 unspecified atom stereocenters. The van der Waals surface area contributed by atoms with Crippen LogP contribution in [-0.2, 0) is 6.61 Å². The molecule has 0 saturated heterocycles. The summed E-state index contributed by atoms with van der Waals surface area (Å²) < 4.78 is 8.69. The predicted octanol–water partition coefficient (Wildman–Crippen LogP) is 3.79. The number of rotatable bonds is 4. The fourth-order valence-corrected chi connectivity index (χ4v) is 3.03. The molecule has 0 aliphatic carbocycles.